The SMILES string of the molecule is CCC(C)COc1ccc2cc(B(O)O)ccc2c1. The van der Waals surface area contributed by atoms with Gasteiger partial charge in [-0.3, -0.25) is 0 Å². The van der Waals surface area contributed by atoms with Crippen molar-refractivity contribution in [1.29, 1.82) is 0 Å². The lowest BCUT2D eigenvalue weighted by atomic mass is 9.79. The highest BCUT2D eigenvalue weighted by Gasteiger charge is 2.11. The first-order valence-electron chi connectivity index (χ1n) is 6.62. The van der Waals surface area contributed by atoms with Gasteiger partial charge in [0.15, 0.2) is 0 Å². The number of hydrogen-bond acceptors (Lipinski definition) is 3. The van der Waals surface area contributed by atoms with Crippen molar-refractivity contribution in [2.24, 2.45) is 5.92 Å². The highest BCUT2D eigenvalue weighted by atomic mass is 16.5. The monoisotopic (exact) mass is 258 g/mol. The molecule has 100 valence electrons. The molecule has 0 aromatic heterocycles. The summed E-state index contributed by atoms with van der Waals surface area (Å²) in [5.74, 6) is 1.40. The van der Waals surface area contributed by atoms with Gasteiger partial charge in [-0.2, -0.15) is 0 Å². The standard InChI is InChI=1S/C15H19BO3/c1-3-11(2)10-19-15-7-5-12-8-14(16(17)18)6-4-13(12)9-15/h4-9,11,17-18H,3,10H2,1-2H3. The minimum Gasteiger partial charge on any atom is -0.493 e. The molecule has 0 heterocycles. The topological polar surface area (TPSA) is 49.7 Å². The van der Waals surface area contributed by atoms with Crippen LogP contribution in [0.4, 0.5) is 0 Å². The second-order valence-corrected chi connectivity index (χ2v) is 4.97. The minimum absolute atomic E-state index is 0.501. The first-order valence-corrected chi connectivity index (χ1v) is 6.62. The minimum atomic E-state index is -1.43. The van der Waals surface area contributed by atoms with Crippen molar-refractivity contribution in [3.8, 4) is 5.75 Å². The molecule has 0 radical (unpaired) electrons. The Morgan fingerprint density at radius 2 is 1.79 bits per heavy atom. The van der Waals surface area contributed by atoms with Crippen LogP contribution in [0.5, 0.6) is 5.75 Å². The highest BCUT2D eigenvalue weighted by Crippen LogP contribution is 2.20. The molecule has 0 amide bonds. The van der Waals surface area contributed by atoms with Crippen molar-refractivity contribution < 1.29 is 14.8 Å². The Hall–Kier alpha value is -1.52. The third-order valence-corrected chi connectivity index (χ3v) is 3.37. The molecule has 3 nitrogen and oxygen atoms in total. The van der Waals surface area contributed by atoms with Crippen LogP contribution >= 0.6 is 0 Å². The van der Waals surface area contributed by atoms with Crippen LogP contribution in [0.15, 0.2) is 36.4 Å². The second kappa shape index (κ2) is 6.09. The van der Waals surface area contributed by atoms with E-state index in [0.717, 1.165) is 29.5 Å². The van der Waals surface area contributed by atoms with Crippen LogP contribution in [0.25, 0.3) is 10.8 Å². The Kier molecular flexibility index (Phi) is 4.45. The predicted octanol–water partition coefficient (Wildman–Crippen LogP) is 1.94. The van der Waals surface area contributed by atoms with Crippen molar-refractivity contribution in [3.63, 3.8) is 0 Å². The summed E-state index contributed by atoms with van der Waals surface area (Å²) >= 11 is 0. The van der Waals surface area contributed by atoms with E-state index in [9.17, 15) is 0 Å². The van der Waals surface area contributed by atoms with E-state index in [4.69, 9.17) is 14.8 Å². The zero-order chi connectivity index (χ0) is 13.8. The normalized spacial score (nSPS) is 12.4. The van der Waals surface area contributed by atoms with Gasteiger partial charge in [0.2, 0.25) is 0 Å². The highest BCUT2D eigenvalue weighted by molar-refractivity contribution is 6.58. The zero-order valence-electron chi connectivity index (χ0n) is 11.3. The molecule has 0 fully saturated rings. The molecule has 2 N–H and O–H groups in total. The van der Waals surface area contributed by atoms with E-state index in [-0.39, 0.29) is 0 Å². The molecular formula is C15H19BO3. The maximum Gasteiger partial charge on any atom is 0.488 e. The number of fused-ring (bicyclic) bond motifs is 1. The van der Waals surface area contributed by atoms with E-state index in [1.807, 2.05) is 24.3 Å². The van der Waals surface area contributed by atoms with E-state index in [1.54, 1.807) is 12.1 Å². The molecule has 19 heavy (non-hydrogen) atoms. The molecule has 0 saturated carbocycles. The average Bonchev–Trinajstić information content (AvgIpc) is 2.43. The van der Waals surface area contributed by atoms with Crippen LogP contribution in [-0.4, -0.2) is 23.8 Å². The molecule has 0 bridgehead atoms. The van der Waals surface area contributed by atoms with Crippen molar-refractivity contribution >= 4 is 23.4 Å². The molecule has 0 saturated heterocycles. The first-order chi connectivity index (χ1) is 9.10. The van der Waals surface area contributed by atoms with Gasteiger partial charge in [0.05, 0.1) is 6.61 Å². The lowest BCUT2D eigenvalue weighted by Crippen LogP contribution is -2.29. The Bertz CT molecular complexity index is 554. The zero-order valence-corrected chi connectivity index (χ0v) is 11.3. The number of hydrogen-bond donors (Lipinski definition) is 2. The largest absolute Gasteiger partial charge is 0.493 e. The maximum atomic E-state index is 9.14. The molecule has 0 spiro atoms. The molecule has 0 aliphatic rings. The first kappa shape index (κ1) is 13.9. The fourth-order valence-corrected chi connectivity index (χ4v) is 1.85. The lowest BCUT2D eigenvalue weighted by Gasteiger charge is -2.11. The van der Waals surface area contributed by atoms with Gasteiger partial charge in [0, 0.05) is 0 Å². The summed E-state index contributed by atoms with van der Waals surface area (Å²) in [5, 5.41) is 20.3. The van der Waals surface area contributed by atoms with Crippen molar-refractivity contribution in [1.82, 2.24) is 0 Å². The summed E-state index contributed by atoms with van der Waals surface area (Å²) in [7, 11) is -1.43. The van der Waals surface area contributed by atoms with Crippen LogP contribution in [0.3, 0.4) is 0 Å². The van der Waals surface area contributed by atoms with Crippen LogP contribution in [-0.2, 0) is 0 Å². The average molecular weight is 258 g/mol. The Morgan fingerprint density at radius 3 is 2.47 bits per heavy atom. The van der Waals surface area contributed by atoms with Crippen LogP contribution in [0.1, 0.15) is 20.3 Å². The fraction of sp³-hybridized carbons (Fsp3) is 0.333. The van der Waals surface area contributed by atoms with Crippen molar-refractivity contribution in [2.75, 3.05) is 6.61 Å². The third-order valence-electron chi connectivity index (χ3n) is 3.37. The molecule has 1 unspecified atom stereocenters. The fourth-order valence-electron chi connectivity index (χ4n) is 1.85. The number of rotatable bonds is 5. The van der Waals surface area contributed by atoms with Gasteiger partial charge in [0.25, 0.3) is 0 Å². The quantitative estimate of drug-likeness (QED) is 0.806. The Labute approximate surface area is 114 Å². The predicted molar refractivity (Wildman–Crippen MR) is 78.7 cm³/mol. The second-order valence-electron chi connectivity index (χ2n) is 4.97. The van der Waals surface area contributed by atoms with E-state index in [0.29, 0.717) is 11.4 Å². The van der Waals surface area contributed by atoms with Gasteiger partial charge in [-0.1, -0.05) is 44.5 Å². The Morgan fingerprint density at radius 1 is 1.11 bits per heavy atom. The van der Waals surface area contributed by atoms with E-state index in [2.05, 4.69) is 13.8 Å². The molecule has 2 rings (SSSR count). The number of benzene rings is 2. The van der Waals surface area contributed by atoms with E-state index < -0.39 is 7.12 Å². The maximum absolute atomic E-state index is 9.14. The Balaban J connectivity index is 2.19. The summed E-state index contributed by atoms with van der Waals surface area (Å²) in [6.45, 7) is 5.03. The van der Waals surface area contributed by atoms with Gasteiger partial charge in [0.1, 0.15) is 5.75 Å². The molecular weight excluding hydrogens is 239 g/mol. The summed E-state index contributed by atoms with van der Waals surface area (Å²) in [4.78, 5) is 0. The number of ether oxygens (including phenoxy) is 1. The van der Waals surface area contributed by atoms with Crippen LogP contribution in [0, 0.1) is 5.92 Å². The van der Waals surface area contributed by atoms with Gasteiger partial charge < -0.3 is 14.8 Å². The molecule has 4 heteroatoms. The summed E-state index contributed by atoms with van der Waals surface area (Å²) in [6, 6.07) is 11.2. The van der Waals surface area contributed by atoms with Crippen molar-refractivity contribution in [2.45, 2.75) is 20.3 Å². The summed E-state index contributed by atoms with van der Waals surface area (Å²) < 4.78 is 5.75. The van der Waals surface area contributed by atoms with Gasteiger partial charge in [-0.15, -0.1) is 0 Å². The van der Waals surface area contributed by atoms with E-state index >= 15 is 0 Å². The van der Waals surface area contributed by atoms with E-state index in [1.165, 1.54) is 0 Å². The van der Waals surface area contributed by atoms with Gasteiger partial charge in [-0.05, 0) is 34.3 Å². The molecule has 0 aliphatic carbocycles. The summed E-state index contributed by atoms with van der Waals surface area (Å²) in [5.41, 5.74) is 0.501. The molecule has 2 aromatic rings. The van der Waals surface area contributed by atoms with Crippen LogP contribution < -0.4 is 10.2 Å². The molecule has 1 atom stereocenters. The van der Waals surface area contributed by atoms with Gasteiger partial charge >= 0.3 is 7.12 Å². The molecule has 2 aromatic carbocycles. The lowest BCUT2D eigenvalue weighted by molar-refractivity contribution is 0.257. The van der Waals surface area contributed by atoms with Crippen molar-refractivity contribution in [3.05, 3.63) is 36.4 Å². The third kappa shape index (κ3) is 3.49. The van der Waals surface area contributed by atoms with Crippen LogP contribution in [0.2, 0.25) is 0 Å². The summed E-state index contributed by atoms with van der Waals surface area (Å²) in [6.07, 6.45) is 1.10. The smallest absolute Gasteiger partial charge is 0.488 e. The van der Waals surface area contributed by atoms with Gasteiger partial charge in [-0.25, -0.2) is 0 Å². The molecule has 0 aliphatic heterocycles.